The van der Waals surface area contributed by atoms with E-state index in [0.29, 0.717) is 27.2 Å². The van der Waals surface area contributed by atoms with Gasteiger partial charge in [0.2, 0.25) is 0 Å². The zero-order valence-electron chi connectivity index (χ0n) is 11.0. The summed E-state index contributed by atoms with van der Waals surface area (Å²) in [5, 5.41) is 12.6. The van der Waals surface area contributed by atoms with E-state index in [1.54, 1.807) is 25.2 Å². The molecule has 0 aliphatic rings. The molecule has 6 heteroatoms. The van der Waals surface area contributed by atoms with Gasteiger partial charge in [-0.05, 0) is 30.3 Å². The molecule has 0 saturated heterocycles. The van der Waals surface area contributed by atoms with Crippen molar-refractivity contribution in [2.45, 2.75) is 0 Å². The molecule has 0 fully saturated rings. The summed E-state index contributed by atoms with van der Waals surface area (Å²) >= 11 is 12.2. The molecule has 0 unspecified atom stereocenters. The number of rotatable bonds is 3. The minimum absolute atomic E-state index is 0.459. The van der Waals surface area contributed by atoms with Crippen LogP contribution in [-0.4, -0.2) is 19.1 Å². The Morgan fingerprint density at radius 3 is 2.40 bits per heavy atom. The molecule has 102 valence electrons. The predicted molar refractivity (Wildman–Crippen MR) is 83.0 cm³/mol. The van der Waals surface area contributed by atoms with Crippen LogP contribution < -0.4 is 10.2 Å². The van der Waals surface area contributed by atoms with Crippen molar-refractivity contribution < 1.29 is 0 Å². The van der Waals surface area contributed by atoms with Crippen LogP contribution in [0.2, 0.25) is 10.0 Å². The van der Waals surface area contributed by atoms with Gasteiger partial charge in [-0.2, -0.15) is 5.26 Å². The van der Waals surface area contributed by atoms with Crippen LogP contribution >= 0.6 is 23.2 Å². The zero-order valence-corrected chi connectivity index (χ0v) is 12.5. The van der Waals surface area contributed by atoms with Crippen molar-refractivity contribution in [2.24, 2.45) is 0 Å². The molecule has 0 atom stereocenters. The van der Waals surface area contributed by atoms with Crippen molar-refractivity contribution in [3.63, 3.8) is 0 Å². The smallest absolute Gasteiger partial charge is 0.154 e. The molecule has 0 aliphatic heterocycles. The highest BCUT2D eigenvalue weighted by Crippen LogP contribution is 2.33. The summed E-state index contributed by atoms with van der Waals surface area (Å²) in [6, 6.07) is 10.9. The lowest BCUT2D eigenvalue weighted by molar-refractivity contribution is 1.12. The van der Waals surface area contributed by atoms with E-state index < -0.39 is 0 Å². The van der Waals surface area contributed by atoms with E-state index in [4.69, 9.17) is 28.5 Å². The average molecular weight is 307 g/mol. The summed E-state index contributed by atoms with van der Waals surface area (Å²) < 4.78 is 0. The Hall–Kier alpha value is -1.96. The lowest BCUT2D eigenvalue weighted by atomic mass is 10.2. The highest BCUT2D eigenvalue weighted by molar-refractivity contribution is 6.37. The fourth-order valence-electron chi connectivity index (χ4n) is 1.75. The first-order chi connectivity index (χ1) is 9.56. The maximum atomic E-state index is 8.81. The zero-order chi connectivity index (χ0) is 14.7. The average Bonchev–Trinajstić information content (AvgIpc) is 2.47. The molecule has 1 aromatic heterocycles. The second-order valence-corrected chi connectivity index (χ2v) is 4.91. The number of hydrogen-bond donors (Lipinski definition) is 1. The van der Waals surface area contributed by atoms with Crippen molar-refractivity contribution >= 4 is 40.5 Å². The third-order valence-corrected chi connectivity index (χ3v) is 3.42. The van der Waals surface area contributed by atoms with Crippen LogP contribution in [-0.2, 0) is 0 Å². The number of pyridine rings is 1. The fraction of sp³-hybridized carbons (Fsp3) is 0.143. The Labute approximate surface area is 127 Å². The van der Waals surface area contributed by atoms with Gasteiger partial charge in [0.25, 0.3) is 0 Å². The molecule has 0 saturated carbocycles. The fourth-order valence-corrected chi connectivity index (χ4v) is 2.33. The molecule has 0 bridgehead atoms. The maximum Gasteiger partial charge on any atom is 0.154 e. The molecule has 2 rings (SSSR count). The molecule has 1 heterocycles. The largest absolute Gasteiger partial charge is 0.372 e. The minimum Gasteiger partial charge on any atom is -0.372 e. The molecular formula is C14H12Cl2N4. The highest BCUT2D eigenvalue weighted by Gasteiger charge is 2.13. The normalized spacial score (nSPS) is 9.95. The van der Waals surface area contributed by atoms with E-state index in [0.717, 1.165) is 5.69 Å². The van der Waals surface area contributed by atoms with Crippen LogP contribution in [0.1, 0.15) is 5.56 Å². The van der Waals surface area contributed by atoms with Crippen LogP contribution in [0.25, 0.3) is 0 Å². The maximum absolute atomic E-state index is 8.81. The molecule has 2 aromatic rings. The van der Waals surface area contributed by atoms with E-state index in [9.17, 15) is 0 Å². The number of aromatic nitrogens is 1. The van der Waals surface area contributed by atoms with Gasteiger partial charge in [-0.25, -0.2) is 4.98 Å². The molecule has 0 aliphatic carbocycles. The van der Waals surface area contributed by atoms with Gasteiger partial charge in [0, 0.05) is 19.8 Å². The first-order valence-electron chi connectivity index (χ1n) is 5.84. The third kappa shape index (κ3) is 2.79. The van der Waals surface area contributed by atoms with Gasteiger partial charge < -0.3 is 10.2 Å². The first-order valence-corrected chi connectivity index (χ1v) is 6.60. The summed E-state index contributed by atoms with van der Waals surface area (Å²) in [4.78, 5) is 6.23. The third-order valence-electron chi connectivity index (χ3n) is 2.85. The topological polar surface area (TPSA) is 52.0 Å². The molecule has 20 heavy (non-hydrogen) atoms. The summed E-state index contributed by atoms with van der Waals surface area (Å²) in [5.74, 6) is 1.15. The van der Waals surface area contributed by atoms with E-state index in [2.05, 4.69) is 16.4 Å². The Morgan fingerprint density at radius 1 is 1.20 bits per heavy atom. The highest BCUT2D eigenvalue weighted by atomic mass is 35.5. The van der Waals surface area contributed by atoms with Crippen molar-refractivity contribution in [1.82, 2.24) is 4.98 Å². The van der Waals surface area contributed by atoms with E-state index >= 15 is 0 Å². The van der Waals surface area contributed by atoms with Gasteiger partial charge in [0.1, 0.15) is 5.82 Å². The van der Waals surface area contributed by atoms with Gasteiger partial charge in [-0.1, -0.05) is 23.2 Å². The first kappa shape index (κ1) is 14.4. The quantitative estimate of drug-likeness (QED) is 0.928. The number of nitrogens with zero attached hydrogens (tertiary/aromatic N) is 3. The van der Waals surface area contributed by atoms with Crippen molar-refractivity contribution in [1.29, 1.82) is 5.26 Å². The van der Waals surface area contributed by atoms with E-state index in [-0.39, 0.29) is 0 Å². The van der Waals surface area contributed by atoms with Crippen LogP contribution in [0.4, 0.5) is 17.3 Å². The number of hydrogen-bond acceptors (Lipinski definition) is 4. The predicted octanol–water partition coefficient (Wildman–Crippen LogP) is 4.07. The lowest BCUT2D eigenvalue weighted by Gasteiger charge is -2.20. The lowest BCUT2D eigenvalue weighted by Crippen LogP contribution is -2.12. The van der Waals surface area contributed by atoms with Crippen molar-refractivity contribution in [2.75, 3.05) is 24.3 Å². The summed E-state index contributed by atoms with van der Waals surface area (Å²) in [6.45, 7) is 0. The van der Waals surface area contributed by atoms with Crippen molar-refractivity contribution in [3.05, 3.63) is 45.9 Å². The van der Waals surface area contributed by atoms with Gasteiger partial charge in [-0.15, -0.1) is 0 Å². The van der Waals surface area contributed by atoms with Gasteiger partial charge >= 0.3 is 0 Å². The number of nitrogens with one attached hydrogen (secondary N) is 1. The minimum atomic E-state index is 0.459. The molecule has 0 radical (unpaired) electrons. The summed E-state index contributed by atoms with van der Waals surface area (Å²) in [7, 11) is 3.59. The van der Waals surface area contributed by atoms with Crippen molar-refractivity contribution in [3.8, 4) is 6.07 Å². The molecular weight excluding hydrogens is 295 g/mol. The SMILES string of the molecule is CNc1nc(N(C)c2ccc(C#N)cc2)c(Cl)cc1Cl. The standard InChI is InChI=1S/C14H12Cl2N4/c1-18-13-11(15)7-12(16)14(19-13)20(2)10-5-3-9(8-17)4-6-10/h3-7H,1-2H3,(H,18,19). The van der Waals surface area contributed by atoms with Crippen LogP contribution in [0, 0.1) is 11.3 Å². The Kier molecular flexibility index (Phi) is 4.33. The summed E-state index contributed by atoms with van der Waals surface area (Å²) in [6.07, 6.45) is 0. The molecule has 0 amide bonds. The molecule has 1 aromatic carbocycles. The summed E-state index contributed by atoms with van der Waals surface area (Å²) in [5.41, 5.74) is 1.48. The Morgan fingerprint density at radius 2 is 1.85 bits per heavy atom. The van der Waals surface area contributed by atoms with Crippen LogP contribution in [0.15, 0.2) is 30.3 Å². The van der Waals surface area contributed by atoms with E-state index in [1.807, 2.05) is 24.1 Å². The monoisotopic (exact) mass is 306 g/mol. The number of benzene rings is 1. The van der Waals surface area contributed by atoms with Gasteiger partial charge in [0.05, 0.1) is 21.7 Å². The second kappa shape index (κ2) is 6.00. The van der Waals surface area contributed by atoms with Crippen LogP contribution in [0.3, 0.4) is 0 Å². The Balaban J connectivity index is 2.42. The van der Waals surface area contributed by atoms with Crippen LogP contribution in [0.5, 0.6) is 0 Å². The Bertz CT molecular complexity index is 662. The van der Waals surface area contributed by atoms with Gasteiger partial charge in [0.15, 0.2) is 5.82 Å². The molecule has 1 N–H and O–H groups in total. The second-order valence-electron chi connectivity index (χ2n) is 4.09. The number of nitriles is 1. The molecule has 4 nitrogen and oxygen atoms in total. The van der Waals surface area contributed by atoms with E-state index in [1.165, 1.54) is 0 Å². The molecule has 0 spiro atoms. The number of halogens is 2. The van der Waals surface area contributed by atoms with Gasteiger partial charge in [-0.3, -0.25) is 0 Å². The number of anilines is 3.